The van der Waals surface area contributed by atoms with Crippen molar-refractivity contribution in [3.63, 3.8) is 0 Å². The smallest absolute Gasteiger partial charge is 0.340 e. The van der Waals surface area contributed by atoms with Gasteiger partial charge in [0.2, 0.25) is 0 Å². The Morgan fingerprint density at radius 3 is 2.46 bits per heavy atom. The summed E-state index contributed by atoms with van der Waals surface area (Å²) in [5.74, 6) is -3.37. The van der Waals surface area contributed by atoms with Gasteiger partial charge >= 0.3 is 5.97 Å². The monoisotopic (exact) mass is 390 g/mol. The molecule has 1 aromatic heterocycles. The molecule has 3 N–H and O–H groups in total. The van der Waals surface area contributed by atoms with Gasteiger partial charge in [-0.3, -0.25) is 9.59 Å². The van der Waals surface area contributed by atoms with Gasteiger partial charge in [0.25, 0.3) is 11.7 Å². The lowest BCUT2D eigenvalue weighted by atomic mass is 9.97. The molecule has 2 aromatic rings. The van der Waals surface area contributed by atoms with E-state index in [1.165, 1.54) is 25.1 Å². The molecule has 0 spiro atoms. The third-order valence-electron chi connectivity index (χ3n) is 4.09. The highest BCUT2D eigenvalue weighted by atomic mass is 19.1. The second kappa shape index (κ2) is 8.35. The molecule has 0 bridgehead atoms. The third-order valence-corrected chi connectivity index (χ3v) is 4.09. The van der Waals surface area contributed by atoms with E-state index in [1.54, 1.807) is 26.8 Å². The van der Waals surface area contributed by atoms with Crippen molar-refractivity contribution < 1.29 is 28.6 Å². The lowest BCUT2D eigenvalue weighted by Gasteiger charge is -2.22. The summed E-state index contributed by atoms with van der Waals surface area (Å²) in [4.78, 5) is 40.4. The van der Waals surface area contributed by atoms with Crippen LogP contribution in [0.2, 0.25) is 0 Å². The Hall–Kier alpha value is -3.00. The van der Waals surface area contributed by atoms with Gasteiger partial charge in [-0.2, -0.15) is 0 Å². The maximum Gasteiger partial charge on any atom is 0.340 e. The van der Waals surface area contributed by atoms with Gasteiger partial charge in [0.05, 0.1) is 24.3 Å². The van der Waals surface area contributed by atoms with Crippen molar-refractivity contribution in [3.05, 3.63) is 47.0 Å². The maximum absolute atomic E-state index is 14.5. The SMILES string of the molecule is CCOC(=O)c1c(C)[nH]c(C(=O)C(=O)NC(C)(C)CO)c1-c1ccccc1F. The van der Waals surface area contributed by atoms with E-state index in [1.807, 2.05) is 0 Å². The van der Waals surface area contributed by atoms with Crippen molar-refractivity contribution in [2.75, 3.05) is 13.2 Å². The number of Topliss-reactive ketones (excluding diaryl/α,β-unsaturated/α-hetero) is 1. The topological polar surface area (TPSA) is 108 Å². The molecule has 1 aromatic carbocycles. The minimum Gasteiger partial charge on any atom is -0.462 e. The van der Waals surface area contributed by atoms with E-state index >= 15 is 0 Å². The van der Waals surface area contributed by atoms with E-state index in [-0.39, 0.29) is 41.3 Å². The van der Waals surface area contributed by atoms with Crippen LogP contribution in [0, 0.1) is 12.7 Å². The van der Waals surface area contributed by atoms with Crippen molar-refractivity contribution >= 4 is 17.7 Å². The fourth-order valence-corrected chi connectivity index (χ4v) is 2.70. The Bertz CT molecular complexity index is 917. The van der Waals surface area contributed by atoms with Crippen LogP contribution in [0.4, 0.5) is 4.39 Å². The molecule has 150 valence electrons. The number of esters is 1. The molecule has 1 amide bonds. The summed E-state index contributed by atoms with van der Waals surface area (Å²) in [5, 5.41) is 11.7. The summed E-state index contributed by atoms with van der Waals surface area (Å²) in [7, 11) is 0. The molecule has 0 saturated carbocycles. The van der Waals surface area contributed by atoms with Crippen LogP contribution in [0.25, 0.3) is 11.1 Å². The maximum atomic E-state index is 14.5. The molecular formula is C20H23FN2O5. The first-order chi connectivity index (χ1) is 13.1. The molecule has 0 fully saturated rings. The van der Waals surface area contributed by atoms with Gasteiger partial charge in [-0.25, -0.2) is 9.18 Å². The summed E-state index contributed by atoms with van der Waals surface area (Å²) < 4.78 is 19.5. The zero-order chi connectivity index (χ0) is 21.1. The van der Waals surface area contributed by atoms with Crippen molar-refractivity contribution in [1.82, 2.24) is 10.3 Å². The van der Waals surface area contributed by atoms with Gasteiger partial charge in [0, 0.05) is 16.8 Å². The lowest BCUT2D eigenvalue weighted by molar-refractivity contribution is -0.119. The average molecular weight is 390 g/mol. The van der Waals surface area contributed by atoms with Crippen molar-refractivity contribution in [1.29, 1.82) is 0 Å². The van der Waals surface area contributed by atoms with Crippen molar-refractivity contribution in [2.45, 2.75) is 33.2 Å². The number of aromatic nitrogens is 1. The average Bonchev–Trinajstić information content (AvgIpc) is 2.98. The van der Waals surface area contributed by atoms with Crippen LogP contribution in [-0.4, -0.2) is 46.5 Å². The Balaban J connectivity index is 2.64. The number of H-pyrrole nitrogens is 1. The number of carbonyl (C=O) groups excluding carboxylic acids is 3. The predicted molar refractivity (Wildman–Crippen MR) is 101 cm³/mol. The molecule has 0 unspecified atom stereocenters. The second-order valence-corrected chi connectivity index (χ2v) is 6.90. The lowest BCUT2D eigenvalue weighted by Crippen LogP contribution is -2.49. The van der Waals surface area contributed by atoms with Crippen LogP contribution in [0.15, 0.2) is 24.3 Å². The van der Waals surface area contributed by atoms with Crippen LogP contribution >= 0.6 is 0 Å². The highest BCUT2D eigenvalue weighted by Crippen LogP contribution is 2.33. The van der Waals surface area contributed by atoms with Crippen molar-refractivity contribution in [3.8, 4) is 11.1 Å². The molecule has 2 rings (SSSR count). The zero-order valence-electron chi connectivity index (χ0n) is 16.2. The van der Waals surface area contributed by atoms with Gasteiger partial charge in [0.15, 0.2) is 0 Å². The summed E-state index contributed by atoms with van der Waals surface area (Å²) >= 11 is 0. The molecule has 0 aliphatic heterocycles. The summed E-state index contributed by atoms with van der Waals surface area (Å²) in [5.41, 5.74) is -1.03. The van der Waals surface area contributed by atoms with E-state index in [9.17, 15) is 23.9 Å². The summed E-state index contributed by atoms with van der Waals surface area (Å²) in [6, 6.07) is 5.63. The first-order valence-corrected chi connectivity index (χ1v) is 8.75. The van der Waals surface area contributed by atoms with Gasteiger partial charge in [-0.15, -0.1) is 0 Å². The summed E-state index contributed by atoms with van der Waals surface area (Å²) in [6.45, 7) is 5.95. The van der Waals surface area contributed by atoms with Crippen LogP contribution in [0.3, 0.4) is 0 Å². The third kappa shape index (κ3) is 4.28. The van der Waals surface area contributed by atoms with E-state index < -0.39 is 29.0 Å². The molecule has 8 heteroatoms. The van der Waals surface area contributed by atoms with Crippen LogP contribution in [-0.2, 0) is 9.53 Å². The largest absolute Gasteiger partial charge is 0.462 e. The molecule has 0 aliphatic rings. The minimum atomic E-state index is -1.03. The Morgan fingerprint density at radius 2 is 1.89 bits per heavy atom. The number of aliphatic hydroxyl groups is 1. The molecule has 0 radical (unpaired) electrons. The van der Waals surface area contributed by atoms with Crippen molar-refractivity contribution in [2.24, 2.45) is 0 Å². The molecule has 0 aliphatic carbocycles. The van der Waals surface area contributed by atoms with E-state index in [2.05, 4.69) is 10.3 Å². The van der Waals surface area contributed by atoms with Gasteiger partial charge < -0.3 is 20.1 Å². The minimum absolute atomic E-state index is 0.00697. The van der Waals surface area contributed by atoms with Crippen LogP contribution in [0.1, 0.15) is 47.3 Å². The quantitative estimate of drug-likeness (QED) is 0.382. The predicted octanol–water partition coefficient (Wildman–Crippen LogP) is 2.38. The van der Waals surface area contributed by atoms with E-state index in [0.717, 1.165) is 0 Å². The summed E-state index contributed by atoms with van der Waals surface area (Å²) in [6.07, 6.45) is 0. The number of ketones is 1. The number of aryl methyl sites for hydroxylation is 1. The van der Waals surface area contributed by atoms with Crippen LogP contribution in [0.5, 0.6) is 0 Å². The number of rotatable bonds is 7. The molecule has 7 nitrogen and oxygen atoms in total. The number of ether oxygens (including phenoxy) is 1. The number of amides is 1. The van der Waals surface area contributed by atoms with Gasteiger partial charge in [0.1, 0.15) is 11.5 Å². The van der Waals surface area contributed by atoms with E-state index in [0.29, 0.717) is 0 Å². The number of hydrogen-bond acceptors (Lipinski definition) is 5. The Kier molecular flexibility index (Phi) is 6.35. The number of aliphatic hydroxyl groups excluding tert-OH is 1. The number of nitrogens with one attached hydrogen (secondary N) is 2. The molecule has 28 heavy (non-hydrogen) atoms. The number of benzene rings is 1. The van der Waals surface area contributed by atoms with E-state index in [4.69, 9.17) is 4.74 Å². The van der Waals surface area contributed by atoms with Gasteiger partial charge in [-0.05, 0) is 33.8 Å². The highest BCUT2D eigenvalue weighted by molar-refractivity contribution is 6.44. The fourth-order valence-electron chi connectivity index (χ4n) is 2.70. The second-order valence-electron chi connectivity index (χ2n) is 6.90. The molecule has 0 atom stereocenters. The Labute approximate surface area is 161 Å². The molecule has 0 saturated heterocycles. The zero-order valence-corrected chi connectivity index (χ0v) is 16.2. The standard InChI is InChI=1S/C20H23FN2O5/c1-5-28-19(27)14-11(2)22-16(15(14)12-8-6-7-9-13(12)21)17(25)18(26)23-20(3,4)10-24/h6-9,22,24H,5,10H2,1-4H3,(H,23,26). The molecule has 1 heterocycles. The first kappa shape index (κ1) is 21.3. The van der Waals surface area contributed by atoms with Crippen LogP contribution < -0.4 is 5.32 Å². The Morgan fingerprint density at radius 1 is 1.25 bits per heavy atom. The number of aromatic amines is 1. The molecular weight excluding hydrogens is 367 g/mol. The number of carbonyl (C=O) groups is 3. The first-order valence-electron chi connectivity index (χ1n) is 8.75. The number of halogens is 1. The highest BCUT2D eigenvalue weighted by Gasteiger charge is 2.32. The normalized spacial score (nSPS) is 11.2. The van der Waals surface area contributed by atoms with Gasteiger partial charge in [-0.1, -0.05) is 18.2 Å². The fraction of sp³-hybridized carbons (Fsp3) is 0.350. The number of hydrogen-bond donors (Lipinski definition) is 3.